The first-order valence-corrected chi connectivity index (χ1v) is 10.1. The number of aryl methyl sites for hydroxylation is 1. The van der Waals surface area contributed by atoms with Crippen molar-refractivity contribution < 1.29 is 9.32 Å². The van der Waals surface area contributed by atoms with Gasteiger partial charge in [0.1, 0.15) is 10.5 Å². The first-order chi connectivity index (χ1) is 12.4. The SMILES string of the molecule is Cc1cc(NC(=O)CSc2nc3ccsc3c(=O)n2CCC(C)C)no1. The number of amides is 1. The van der Waals surface area contributed by atoms with Crippen molar-refractivity contribution in [1.82, 2.24) is 14.7 Å². The minimum Gasteiger partial charge on any atom is -0.360 e. The van der Waals surface area contributed by atoms with Crippen LogP contribution in [0, 0.1) is 12.8 Å². The number of thioether (sulfide) groups is 1. The quantitative estimate of drug-likeness (QED) is 0.489. The minimum atomic E-state index is -0.224. The van der Waals surface area contributed by atoms with Crippen LogP contribution in [0.1, 0.15) is 26.0 Å². The zero-order valence-electron chi connectivity index (χ0n) is 14.8. The molecule has 1 N–H and O–H groups in total. The molecule has 0 aromatic carbocycles. The number of fused-ring (bicyclic) bond motifs is 1. The van der Waals surface area contributed by atoms with Gasteiger partial charge in [0.05, 0.1) is 11.3 Å². The average molecular weight is 393 g/mol. The topological polar surface area (TPSA) is 90.0 Å². The lowest BCUT2D eigenvalue weighted by atomic mass is 10.1. The van der Waals surface area contributed by atoms with Crippen molar-refractivity contribution in [1.29, 1.82) is 0 Å². The number of thiophene rings is 1. The van der Waals surface area contributed by atoms with Crippen molar-refractivity contribution >= 4 is 45.0 Å². The van der Waals surface area contributed by atoms with Crippen LogP contribution in [0.15, 0.2) is 32.0 Å². The molecule has 7 nitrogen and oxygen atoms in total. The first-order valence-electron chi connectivity index (χ1n) is 8.28. The maximum Gasteiger partial charge on any atom is 0.272 e. The van der Waals surface area contributed by atoms with Gasteiger partial charge in [0, 0.05) is 12.6 Å². The van der Waals surface area contributed by atoms with Gasteiger partial charge in [-0.05, 0) is 30.7 Å². The van der Waals surface area contributed by atoms with E-state index in [-0.39, 0.29) is 17.2 Å². The number of nitrogens with zero attached hydrogens (tertiary/aromatic N) is 3. The number of hydrogen-bond donors (Lipinski definition) is 1. The molecular weight excluding hydrogens is 372 g/mol. The number of rotatable bonds is 7. The summed E-state index contributed by atoms with van der Waals surface area (Å²) in [6, 6.07) is 3.48. The third-order valence-corrected chi connectivity index (χ3v) is 5.56. The zero-order chi connectivity index (χ0) is 18.7. The van der Waals surface area contributed by atoms with Gasteiger partial charge >= 0.3 is 0 Å². The summed E-state index contributed by atoms with van der Waals surface area (Å²) in [6.45, 7) is 6.57. The summed E-state index contributed by atoms with van der Waals surface area (Å²) >= 11 is 2.65. The third kappa shape index (κ3) is 4.34. The van der Waals surface area contributed by atoms with Crippen molar-refractivity contribution in [2.75, 3.05) is 11.1 Å². The highest BCUT2D eigenvalue weighted by Gasteiger charge is 2.15. The number of hydrogen-bond acceptors (Lipinski definition) is 7. The van der Waals surface area contributed by atoms with Gasteiger partial charge in [0.15, 0.2) is 11.0 Å². The number of nitrogens with one attached hydrogen (secondary N) is 1. The Morgan fingerprint density at radius 2 is 2.27 bits per heavy atom. The molecule has 0 fully saturated rings. The summed E-state index contributed by atoms with van der Waals surface area (Å²) in [5, 5.41) is 8.84. The van der Waals surface area contributed by atoms with E-state index in [1.807, 2.05) is 11.4 Å². The molecule has 0 aliphatic carbocycles. The molecule has 0 bridgehead atoms. The van der Waals surface area contributed by atoms with Gasteiger partial charge in [-0.15, -0.1) is 11.3 Å². The van der Waals surface area contributed by atoms with E-state index in [1.54, 1.807) is 17.6 Å². The summed E-state index contributed by atoms with van der Waals surface area (Å²) in [4.78, 5) is 29.5. The predicted octanol–water partition coefficient (Wildman–Crippen LogP) is 3.53. The molecule has 1 amide bonds. The Hall–Kier alpha value is -2.13. The summed E-state index contributed by atoms with van der Waals surface area (Å²) in [5.74, 6) is 1.39. The first kappa shape index (κ1) is 18.7. The lowest BCUT2D eigenvalue weighted by molar-refractivity contribution is -0.113. The van der Waals surface area contributed by atoms with Crippen molar-refractivity contribution in [2.24, 2.45) is 5.92 Å². The molecule has 3 aromatic heterocycles. The molecular formula is C17H20N4O3S2. The van der Waals surface area contributed by atoms with E-state index in [2.05, 4.69) is 29.3 Å². The van der Waals surface area contributed by atoms with Crippen LogP contribution in [0.3, 0.4) is 0 Å². The van der Waals surface area contributed by atoms with Crippen molar-refractivity contribution in [3.05, 3.63) is 33.6 Å². The summed E-state index contributed by atoms with van der Waals surface area (Å²) < 4.78 is 7.26. The number of aromatic nitrogens is 3. The second-order valence-electron chi connectivity index (χ2n) is 6.33. The van der Waals surface area contributed by atoms with Crippen LogP contribution in [0.25, 0.3) is 10.2 Å². The van der Waals surface area contributed by atoms with Crippen molar-refractivity contribution in [2.45, 2.75) is 38.9 Å². The molecule has 0 aliphatic rings. The minimum absolute atomic E-state index is 0.0410. The zero-order valence-corrected chi connectivity index (χ0v) is 16.4. The van der Waals surface area contributed by atoms with Gasteiger partial charge < -0.3 is 9.84 Å². The van der Waals surface area contributed by atoms with Gasteiger partial charge in [-0.2, -0.15) is 0 Å². The molecule has 0 saturated heterocycles. The second-order valence-corrected chi connectivity index (χ2v) is 8.19. The average Bonchev–Trinajstić information content (AvgIpc) is 3.21. The van der Waals surface area contributed by atoms with Gasteiger partial charge in [-0.1, -0.05) is 30.8 Å². The monoisotopic (exact) mass is 392 g/mol. The van der Waals surface area contributed by atoms with Crippen LogP contribution in [0.2, 0.25) is 0 Å². The molecule has 0 unspecified atom stereocenters. The van der Waals surface area contributed by atoms with Gasteiger partial charge in [0.2, 0.25) is 5.91 Å². The molecule has 138 valence electrons. The highest BCUT2D eigenvalue weighted by molar-refractivity contribution is 7.99. The Balaban J connectivity index is 1.77. The van der Waals surface area contributed by atoms with Crippen molar-refractivity contribution in [3.63, 3.8) is 0 Å². The Kier molecular flexibility index (Phi) is 5.77. The molecule has 3 heterocycles. The number of carbonyl (C=O) groups is 1. The van der Waals surface area contributed by atoms with E-state index in [1.165, 1.54) is 23.1 Å². The van der Waals surface area contributed by atoms with Crippen LogP contribution < -0.4 is 10.9 Å². The Morgan fingerprint density at radius 1 is 1.46 bits per heavy atom. The standard InChI is InChI=1S/C17H20N4O3S2/c1-10(2)4-6-21-16(23)15-12(5-7-25-15)18-17(21)26-9-14(22)19-13-8-11(3)24-20-13/h5,7-8,10H,4,6,9H2,1-3H3,(H,19,20,22). The van der Waals surface area contributed by atoms with E-state index in [4.69, 9.17) is 4.52 Å². The Labute approximate surface area is 158 Å². The fraction of sp³-hybridized carbons (Fsp3) is 0.412. The maximum atomic E-state index is 12.8. The summed E-state index contributed by atoms with van der Waals surface area (Å²) in [5.41, 5.74) is 0.636. The molecule has 9 heteroatoms. The molecule has 0 spiro atoms. The molecule has 0 atom stereocenters. The van der Waals surface area contributed by atoms with Crippen LogP contribution in [0.5, 0.6) is 0 Å². The highest BCUT2D eigenvalue weighted by atomic mass is 32.2. The van der Waals surface area contributed by atoms with Crippen LogP contribution in [-0.2, 0) is 11.3 Å². The van der Waals surface area contributed by atoms with Crippen molar-refractivity contribution in [3.8, 4) is 0 Å². The Morgan fingerprint density at radius 3 is 2.96 bits per heavy atom. The smallest absolute Gasteiger partial charge is 0.272 e. The molecule has 26 heavy (non-hydrogen) atoms. The van der Waals surface area contributed by atoms with E-state index < -0.39 is 0 Å². The molecule has 3 rings (SSSR count). The summed E-state index contributed by atoms with van der Waals surface area (Å²) in [7, 11) is 0. The van der Waals surface area contributed by atoms with Crippen LogP contribution >= 0.6 is 23.1 Å². The molecule has 0 aliphatic heterocycles. The maximum absolute atomic E-state index is 12.8. The highest BCUT2D eigenvalue weighted by Crippen LogP contribution is 2.22. The molecule has 3 aromatic rings. The molecule has 0 saturated carbocycles. The third-order valence-electron chi connectivity index (χ3n) is 3.69. The lowest BCUT2D eigenvalue weighted by Gasteiger charge is -2.13. The van der Waals surface area contributed by atoms with Gasteiger partial charge in [-0.3, -0.25) is 14.2 Å². The van der Waals surface area contributed by atoms with Gasteiger partial charge in [-0.25, -0.2) is 4.98 Å². The lowest BCUT2D eigenvalue weighted by Crippen LogP contribution is -2.24. The predicted molar refractivity (Wildman–Crippen MR) is 104 cm³/mol. The van der Waals surface area contributed by atoms with E-state index in [0.717, 1.165) is 6.42 Å². The Bertz CT molecular complexity index is 974. The van der Waals surface area contributed by atoms with E-state index >= 15 is 0 Å². The fourth-order valence-corrected chi connectivity index (χ4v) is 3.96. The van der Waals surface area contributed by atoms with Crippen LogP contribution in [0.4, 0.5) is 5.82 Å². The number of carbonyl (C=O) groups excluding carboxylic acids is 1. The largest absolute Gasteiger partial charge is 0.360 e. The van der Waals surface area contributed by atoms with E-state index in [9.17, 15) is 9.59 Å². The van der Waals surface area contributed by atoms with Crippen LogP contribution in [-0.4, -0.2) is 26.4 Å². The summed E-state index contributed by atoms with van der Waals surface area (Å²) in [6.07, 6.45) is 0.871. The van der Waals surface area contributed by atoms with E-state index in [0.29, 0.717) is 39.4 Å². The molecule has 0 radical (unpaired) electrons. The van der Waals surface area contributed by atoms with Gasteiger partial charge in [0.25, 0.3) is 5.56 Å². The number of anilines is 1. The normalized spacial score (nSPS) is 11.4. The second kappa shape index (κ2) is 8.05. The fourth-order valence-electron chi connectivity index (χ4n) is 2.35.